The number of hydroxylamine groups is 2. The van der Waals surface area contributed by atoms with Crippen molar-refractivity contribution in [1.29, 1.82) is 5.26 Å². The topological polar surface area (TPSA) is 72.9 Å². The van der Waals surface area contributed by atoms with Crippen molar-refractivity contribution < 1.29 is 0 Å². The van der Waals surface area contributed by atoms with Crippen molar-refractivity contribution in [3.63, 3.8) is 0 Å². The average molecular weight is 203 g/mol. The van der Waals surface area contributed by atoms with E-state index in [1.165, 1.54) is 0 Å². The molecule has 1 aromatic rings. The molecule has 1 saturated heterocycles. The van der Waals surface area contributed by atoms with Gasteiger partial charge in [-0.15, -0.1) is 0 Å². The van der Waals surface area contributed by atoms with Crippen molar-refractivity contribution in [1.82, 2.24) is 4.65 Å². The maximum Gasteiger partial charge on any atom is 0.132 e. The predicted octanol–water partition coefficient (Wildman–Crippen LogP) is 1.09. The second-order valence-electron chi connectivity index (χ2n) is 4.00. The minimum atomic E-state index is -0.354. The Hall–Kier alpha value is -1.41. The number of hydrogen-bond acceptors (Lipinski definition) is 3. The Labute approximate surface area is 88.7 Å². The first kappa shape index (κ1) is 10.1. The van der Waals surface area contributed by atoms with Gasteiger partial charge in [0.05, 0.1) is 30.8 Å². The van der Waals surface area contributed by atoms with Gasteiger partial charge in [0.1, 0.15) is 5.69 Å². The summed E-state index contributed by atoms with van der Waals surface area (Å²) in [6.07, 6.45) is 0.767. The zero-order chi connectivity index (χ0) is 10.9. The fraction of sp³-hybridized carbons (Fsp3) is 0.364. The fourth-order valence-corrected chi connectivity index (χ4v) is 1.98. The van der Waals surface area contributed by atoms with Crippen LogP contribution in [0.5, 0.6) is 0 Å². The Kier molecular flexibility index (Phi) is 2.45. The Bertz CT molecular complexity index is 395. The number of hydrogen-bond donors (Lipinski definition) is 1. The smallest absolute Gasteiger partial charge is 0.132 e. The van der Waals surface area contributed by atoms with Gasteiger partial charge in [0.25, 0.3) is 0 Å². The van der Waals surface area contributed by atoms with Gasteiger partial charge < -0.3 is 15.6 Å². The molecule has 0 radical (unpaired) electrons. The molecule has 0 aliphatic carbocycles. The van der Waals surface area contributed by atoms with Crippen molar-refractivity contribution in [2.45, 2.75) is 12.5 Å². The largest absolute Gasteiger partial charge is 0.627 e. The summed E-state index contributed by atoms with van der Waals surface area (Å²) in [6, 6.07) is 8.84. The number of rotatable bonds is 1. The summed E-state index contributed by atoms with van der Waals surface area (Å²) in [5.41, 5.74) is 7.01. The first-order valence-electron chi connectivity index (χ1n) is 4.98. The molecule has 2 N–H and O–H groups in total. The molecule has 0 spiro atoms. The third-order valence-corrected chi connectivity index (χ3v) is 2.86. The molecule has 0 saturated carbocycles. The summed E-state index contributed by atoms with van der Waals surface area (Å²) < 4.78 is -0.354. The summed E-state index contributed by atoms with van der Waals surface area (Å²) >= 11 is 0. The predicted molar refractivity (Wildman–Crippen MR) is 58.6 cm³/mol. The van der Waals surface area contributed by atoms with E-state index in [-0.39, 0.29) is 10.7 Å². The van der Waals surface area contributed by atoms with Crippen LogP contribution in [0.2, 0.25) is 0 Å². The van der Waals surface area contributed by atoms with Crippen LogP contribution in [0.15, 0.2) is 24.3 Å². The average Bonchev–Trinajstić information content (AvgIpc) is 2.60. The molecule has 4 nitrogen and oxygen atoms in total. The van der Waals surface area contributed by atoms with E-state index in [0.717, 1.165) is 6.42 Å². The zero-order valence-corrected chi connectivity index (χ0v) is 8.39. The van der Waals surface area contributed by atoms with Crippen molar-refractivity contribution in [2.75, 3.05) is 13.1 Å². The highest BCUT2D eigenvalue weighted by Gasteiger charge is 2.30. The van der Waals surface area contributed by atoms with E-state index in [0.29, 0.717) is 24.3 Å². The van der Waals surface area contributed by atoms with E-state index in [1.807, 2.05) is 6.07 Å². The van der Waals surface area contributed by atoms with Crippen LogP contribution in [-0.2, 0) is 0 Å². The van der Waals surface area contributed by atoms with E-state index < -0.39 is 0 Å². The minimum Gasteiger partial charge on any atom is -0.627 e. The number of nitrogens with two attached hydrogens (primary N) is 1. The van der Waals surface area contributed by atoms with Crippen molar-refractivity contribution in [2.24, 2.45) is 5.73 Å². The Morgan fingerprint density at radius 1 is 1.40 bits per heavy atom. The van der Waals surface area contributed by atoms with Gasteiger partial charge in [-0.1, -0.05) is 0 Å². The van der Waals surface area contributed by atoms with Gasteiger partial charge in [0.15, 0.2) is 0 Å². The van der Waals surface area contributed by atoms with Crippen LogP contribution in [0, 0.1) is 16.5 Å². The lowest BCUT2D eigenvalue weighted by Gasteiger charge is -2.37. The molecular weight excluding hydrogens is 190 g/mol. The zero-order valence-electron chi connectivity index (χ0n) is 8.39. The quantitative estimate of drug-likeness (QED) is 0.548. The summed E-state index contributed by atoms with van der Waals surface area (Å²) in [5.74, 6) is 0. The van der Waals surface area contributed by atoms with Crippen LogP contribution in [0.1, 0.15) is 12.0 Å². The molecule has 1 aliphatic rings. The van der Waals surface area contributed by atoms with E-state index in [1.54, 1.807) is 24.3 Å². The second kappa shape index (κ2) is 3.63. The van der Waals surface area contributed by atoms with Crippen LogP contribution < -0.4 is 10.4 Å². The monoisotopic (exact) mass is 203 g/mol. The first-order valence-corrected chi connectivity index (χ1v) is 4.98. The van der Waals surface area contributed by atoms with Gasteiger partial charge in [-0.2, -0.15) is 5.26 Å². The summed E-state index contributed by atoms with van der Waals surface area (Å²) in [4.78, 5) is 0. The maximum atomic E-state index is 12.3. The number of quaternary nitrogens is 1. The Balaban J connectivity index is 2.26. The molecular formula is C11H13N3O. The second-order valence-corrected chi connectivity index (χ2v) is 4.00. The van der Waals surface area contributed by atoms with E-state index in [2.05, 4.69) is 0 Å². The van der Waals surface area contributed by atoms with Crippen LogP contribution >= 0.6 is 0 Å². The fourth-order valence-electron chi connectivity index (χ4n) is 1.98. The minimum absolute atomic E-state index is 0.00172. The summed E-state index contributed by atoms with van der Waals surface area (Å²) in [6.45, 7) is 0.971. The highest BCUT2D eigenvalue weighted by Crippen LogP contribution is 2.27. The van der Waals surface area contributed by atoms with Crippen molar-refractivity contribution in [3.05, 3.63) is 35.0 Å². The first-order chi connectivity index (χ1) is 7.14. The number of benzene rings is 1. The molecule has 4 heteroatoms. The summed E-state index contributed by atoms with van der Waals surface area (Å²) in [7, 11) is 0. The Morgan fingerprint density at radius 2 is 2.07 bits per heavy atom. The van der Waals surface area contributed by atoms with Crippen molar-refractivity contribution in [3.8, 4) is 6.07 Å². The molecule has 1 fully saturated rings. The lowest BCUT2D eigenvalue weighted by Crippen LogP contribution is -2.42. The van der Waals surface area contributed by atoms with E-state index >= 15 is 0 Å². The van der Waals surface area contributed by atoms with Crippen LogP contribution in [0.25, 0.3) is 0 Å². The molecule has 0 bridgehead atoms. The summed E-state index contributed by atoms with van der Waals surface area (Å²) in [5, 5.41) is 20.9. The van der Waals surface area contributed by atoms with Gasteiger partial charge in [0.2, 0.25) is 0 Å². The molecule has 1 aliphatic heterocycles. The third-order valence-electron chi connectivity index (χ3n) is 2.86. The van der Waals surface area contributed by atoms with Crippen molar-refractivity contribution >= 4 is 5.69 Å². The SMILES string of the molecule is N#Cc1ccc([N+]2([O-])CCC(N)C2)cc1. The van der Waals surface area contributed by atoms with Gasteiger partial charge in [-0.05, 0) is 12.1 Å². The molecule has 0 amide bonds. The van der Waals surface area contributed by atoms with Crippen LogP contribution in [0.4, 0.5) is 5.69 Å². The molecule has 2 unspecified atom stereocenters. The van der Waals surface area contributed by atoms with Crippen LogP contribution in [0.3, 0.4) is 0 Å². The lowest BCUT2D eigenvalue weighted by atomic mass is 10.2. The molecule has 2 atom stereocenters. The molecule has 1 heterocycles. The standard InChI is InChI=1S/C11H13N3O/c12-7-9-1-3-11(4-2-9)14(15)6-5-10(13)8-14/h1-4,10H,5-6,8,13H2. The molecule has 1 aromatic carbocycles. The molecule has 0 aromatic heterocycles. The highest BCUT2D eigenvalue weighted by molar-refractivity contribution is 5.48. The molecule has 78 valence electrons. The highest BCUT2D eigenvalue weighted by atomic mass is 16.5. The van der Waals surface area contributed by atoms with E-state index in [9.17, 15) is 5.21 Å². The van der Waals surface area contributed by atoms with Gasteiger partial charge in [0, 0.05) is 18.6 Å². The number of nitriles is 1. The maximum absolute atomic E-state index is 12.3. The van der Waals surface area contributed by atoms with Gasteiger partial charge in [-0.3, -0.25) is 0 Å². The normalized spacial score (nSPS) is 30.1. The Morgan fingerprint density at radius 3 is 2.53 bits per heavy atom. The van der Waals surface area contributed by atoms with Gasteiger partial charge >= 0.3 is 0 Å². The number of nitrogens with zero attached hydrogens (tertiary/aromatic N) is 2. The lowest BCUT2D eigenvalue weighted by molar-refractivity contribution is 0.448. The van der Waals surface area contributed by atoms with Gasteiger partial charge in [-0.25, -0.2) is 0 Å². The third kappa shape index (κ3) is 1.85. The van der Waals surface area contributed by atoms with Crippen LogP contribution in [-0.4, -0.2) is 19.1 Å². The van der Waals surface area contributed by atoms with E-state index in [4.69, 9.17) is 11.0 Å². The molecule has 2 rings (SSSR count). The molecule has 15 heavy (non-hydrogen) atoms.